The van der Waals surface area contributed by atoms with Gasteiger partial charge in [0, 0.05) is 24.7 Å². The second-order valence-corrected chi connectivity index (χ2v) is 7.14. The molecule has 6 heteroatoms. The molecule has 2 atom stereocenters. The van der Waals surface area contributed by atoms with Gasteiger partial charge in [-0.3, -0.25) is 9.48 Å². The molecule has 2 aromatic heterocycles. The van der Waals surface area contributed by atoms with E-state index in [1.54, 1.807) is 4.68 Å². The van der Waals surface area contributed by atoms with Crippen LogP contribution >= 0.6 is 0 Å². The minimum atomic E-state index is -0.152. The van der Waals surface area contributed by atoms with E-state index in [1.165, 1.54) is 0 Å². The van der Waals surface area contributed by atoms with Crippen LogP contribution in [0.3, 0.4) is 0 Å². The minimum Gasteiger partial charge on any atom is -0.306 e. The number of rotatable bonds is 4. The lowest BCUT2D eigenvalue weighted by Gasteiger charge is -2.09. The largest absolute Gasteiger partial charge is 0.306 e. The topological polar surface area (TPSA) is 64.7 Å². The Labute approximate surface area is 152 Å². The zero-order chi connectivity index (χ0) is 18.4. The number of amides is 1. The Morgan fingerprint density at radius 1 is 1.19 bits per heavy atom. The highest BCUT2D eigenvalue weighted by Gasteiger charge is 2.37. The van der Waals surface area contributed by atoms with Crippen molar-refractivity contribution in [3.63, 3.8) is 0 Å². The summed E-state index contributed by atoms with van der Waals surface area (Å²) < 4.78 is 3.55. The number of carbonyl (C=O) groups is 1. The summed E-state index contributed by atoms with van der Waals surface area (Å²) >= 11 is 0. The second kappa shape index (κ2) is 6.12. The van der Waals surface area contributed by atoms with Crippen LogP contribution in [-0.2, 0) is 7.05 Å². The Kier molecular flexibility index (Phi) is 3.90. The first kappa shape index (κ1) is 16.6. The maximum Gasteiger partial charge on any atom is 0.260 e. The van der Waals surface area contributed by atoms with Gasteiger partial charge < -0.3 is 5.32 Å². The summed E-state index contributed by atoms with van der Waals surface area (Å²) in [5, 5.41) is 12.2. The van der Waals surface area contributed by atoms with Gasteiger partial charge in [-0.05, 0) is 38.3 Å². The first-order valence-corrected chi connectivity index (χ1v) is 8.92. The van der Waals surface area contributed by atoms with Gasteiger partial charge in [-0.1, -0.05) is 25.1 Å². The molecule has 0 spiro atoms. The molecule has 0 saturated heterocycles. The molecule has 0 aliphatic heterocycles. The number of nitrogens with one attached hydrogen (secondary N) is 1. The number of carbonyl (C=O) groups excluding carboxylic acids is 1. The Hall–Kier alpha value is -2.89. The van der Waals surface area contributed by atoms with Crippen LogP contribution in [0.15, 0.2) is 36.4 Å². The average Bonchev–Trinajstić information content (AvgIpc) is 3.10. The molecule has 134 valence electrons. The molecule has 1 aliphatic rings. The Morgan fingerprint density at radius 2 is 1.88 bits per heavy atom. The van der Waals surface area contributed by atoms with Crippen molar-refractivity contribution in [2.75, 3.05) is 5.32 Å². The zero-order valence-corrected chi connectivity index (χ0v) is 15.5. The summed E-state index contributed by atoms with van der Waals surface area (Å²) in [5.41, 5.74) is 4.17. The molecule has 26 heavy (non-hydrogen) atoms. The van der Waals surface area contributed by atoms with E-state index in [2.05, 4.69) is 17.3 Å². The van der Waals surface area contributed by atoms with Gasteiger partial charge in [0.1, 0.15) is 5.82 Å². The van der Waals surface area contributed by atoms with Crippen LogP contribution in [-0.4, -0.2) is 25.5 Å². The van der Waals surface area contributed by atoms with E-state index in [0.717, 1.165) is 29.2 Å². The number of hydrogen-bond acceptors (Lipinski definition) is 3. The van der Waals surface area contributed by atoms with E-state index in [-0.39, 0.29) is 5.91 Å². The highest BCUT2D eigenvalue weighted by Crippen LogP contribution is 2.47. The highest BCUT2D eigenvalue weighted by atomic mass is 16.1. The van der Waals surface area contributed by atoms with Crippen molar-refractivity contribution in [2.24, 2.45) is 13.0 Å². The van der Waals surface area contributed by atoms with Gasteiger partial charge in [0.25, 0.3) is 5.91 Å². The predicted octanol–water partition coefficient (Wildman–Crippen LogP) is 3.60. The van der Waals surface area contributed by atoms with Gasteiger partial charge in [-0.15, -0.1) is 0 Å². The fourth-order valence-electron chi connectivity index (χ4n) is 3.45. The molecule has 4 rings (SSSR count). The molecule has 0 bridgehead atoms. The Bertz CT molecular complexity index is 970. The van der Waals surface area contributed by atoms with Crippen LogP contribution in [0, 0.1) is 19.8 Å². The van der Waals surface area contributed by atoms with Gasteiger partial charge in [-0.2, -0.15) is 10.2 Å². The van der Waals surface area contributed by atoms with Crippen molar-refractivity contribution in [3.8, 4) is 5.69 Å². The summed E-state index contributed by atoms with van der Waals surface area (Å²) in [6.07, 6.45) is 1.15. The van der Waals surface area contributed by atoms with Crippen molar-refractivity contribution < 1.29 is 4.79 Å². The maximum absolute atomic E-state index is 12.9. The van der Waals surface area contributed by atoms with Crippen LogP contribution in [0.5, 0.6) is 0 Å². The average molecular weight is 349 g/mol. The standard InChI is InChI=1S/C20H23N5O/c1-12-10-16(12)17-11-18(25(23-17)15-8-6-5-7-9-15)21-20(26)19-13(2)22-24(4)14(19)3/h5-9,11-12,16H,10H2,1-4H3,(H,21,26). The van der Waals surface area contributed by atoms with E-state index < -0.39 is 0 Å². The molecule has 0 radical (unpaired) electrons. The molecule has 1 N–H and O–H groups in total. The molecular formula is C20H23N5O. The van der Waals surface area contributed by atoms with Crippen molar-refractivity contribution in [1.29, 1.82) is 0 Å². The van der Waals surface area contributed by atoms with Crippen LogP contribution in [0.25, 0.3) is 5.69 Å². The number of para-hydroxylation sites is 1. The first-order chi connectivity index (χ1) is 12.5. The first-order valence-electron chi connectivity index (χ1n) is 8.92. The third kappa shape index (κ3) is 2.81. The van der Waals surface area contributed by atoms with Gasteiger partial charge >= 0.3 is 0 Å². The number of benzene rings is 1. The summed E-state index contributed by atoms with van der Waals surface area (Å²) in [4.78, 5) is 12.9. The number of nitrogens with zero attached hydrogens (tertiary/aromatic N) is 4. The molecule has 2 unspecified atom stereocenters. The minimum absolute atomic E-state index is 0.152. The predicted molar refractivity (Wildman–Crippen MR) is 101 cm³/mol. The molecule has 2 heterocycles. The van der Waals surface area contributed by atoms with E-state index >= 15 is 0 Å². The summed E-state index contributed by atoms with van der Waals surface area (Å²) in [7, 11) is 1.85. The van der Waals surface area contributed by atoms with E-state index in [9.17, 15) is 4.79 Å². The highest BCUT2D eigenvalue weighted by molar-refractivity contribution is 6.05. The van der Waals surface area contributed by atoms with Crippen molar-refractivity contribution in [2.45, 2.75) is 33.1 Å². The summed E-state index contributed by atoms with van der Waals surface area (Å²) in [6, 6.07) is 11.9. The lowest BCUT2D eigenvalue weighted by atomic mass is 10.2. The van der Waals surface area contributed by atoms with Gasteiger partial charge in [-0.25, -0.2) is 4.68 Å². The smallest absolute Gasteiger partial charge is 0.260 e. The number of hydrogen-bond donors (Lipinski definition) is 1. The third-order valence-electron chi connectivity index (χ3n) is 5.20. The normalized spacial score (nSPS) is 18.8. The van der Waals surface area contributed by atoms with Crippen LogP contribution in [0.4, 0.5) is 5.82 Å². The Balaban J connectivity index is 1.71. The maximum atomic E-state index is 12.9. The second-order valence-electron chi connectivity index (χ2n) is 7.14. The number of anilines is 1. The van der Waals surface area contributed by atoms with E-state index in [4.69, 9.17) is 5.10 Å². The molecular weight excluding hydrogens is 326 g/mol. The SMILES string of the molecule is Cc1nn(C)c(C)c1C(=O)Nc1cc(C2CC2C)nn1-c1ccccc1. The van der Waals surface area contributed by atoms with Crippen LogP contribution in [0.1, 0.15) is 46.7 Å². The van der Waals surface area contributed by atoms with Crippen molar-refractivity contribution in [3.05, 3.63) is 59.0 Å². The fourth-order valence-corrected chi connectivity index (χ4v) is 3.45. The molecule has 3 aromatic rings. The monoisotopic (exact) mass is 349 g/mol. The quantitative estimate of drug-likeness (QED) is 0.783. The lowest BCUT2D eigenvalue weighted by Crippen LogP contribution is -2.16. The van der Waals surface area contributed by atoms with Crippen LogP contribution < -0.4 is 5.32 Å². The van der Waals surface area contributed by atoms with Crippen molar-refractivity contribution >= 4 is 11.7 Å². The molecule has 1 aromatic carbocycles. The molecule has 1 saturated carbocycles. The number of aromatic nitrogens is 4. The Morgan fingerprint density at radius 3 is 2.46 bits per heavy atom. The van der Waals surface area contributed by atoms with E-state index in [1.807, 2.05) is 62.0 Å². The summed E-state index contributed by atoms with van der Waals surface area (Å²) in [6.45, 7) is 5.99. The lowest BCUT2D eigenvalue weighted by molar-refractivity contribution is 0.102. The summed E-state index contributed by atoms with van der Waals surface area (Å²) in [5.74, 6) is 1.68. The number of aryl methyl sites for hydroxylation is 2. The van der Waals surface area contributed by atoms with Crippen molar-refractivity contribution in [1.82, 2.24) is 19.6 Å². The third-order valence-corrected chi connectivity index (χ3v) is 5.20. The van der Waals surface area contributed by atoms with Crippen LogP contribution in [0.2, 0.25) is 0 Å². The van der Waals surface area contributed by atoms with Gasteiger partial charge in [0.05, 0.1) is 22.6 Å². The molecule has 1 amide bonds. The zero-order valence-electron chi connectivity index (χ0n) is 15.5. The molecule has 6 nitrogen and oxygen atoms in total. The van der Waals surface area contributed by atoms with Gasteiger partial charge in [0.15, 0.2) is 0 Å². The molecule has 1 fully saturated rings. The fraction of sp³-hybridized carbons (Fsp3) is 0.350. The van der Waals surface area contributed by atoms with E-state index in [0.29, 0.717) is 23.2 Å². The molecule has 1 aliphatic carbocycles. The van der Waals surface area contributed by atoms with Gasteiger partial charge in [0.2, 0.25) is 0 Å².